The van der Waals surface area contributed by atoms with Crippen LogP contribution in [0.25, 0.3) is 11.3 Å². The molecule has 1 aromatic carbocycles. The standard InChI is InChI=1S/C27H35F2N5O3/c1-27(2,29)17-33-11-8-18(9-12-33)16-37-24-15-31-22(14-32-24)20-7-6-19(13-21(20)28)26(36)34-10-4-3-5-23(34)25(30)35/h6-7,13-15,18,23H,3-5,8-12,16-17H2,1-2H3,(H2,30,35). The van der Waals surface area contributed by atoms with E-state index in [1.807, 2.05) is 0 Å². The lowest BCUT2D eigenvalue weighted by atomic mass is 9.97. The van der Waals surface area contributed by atoms with Crippen LogP contribution in [0.4, 0.5) is 8.78 Å². The van der Waals surface area contributed by atoms with Gasteiger partial charge in [-0.1, -0.05) is 0 Å². The molecule has 2 amide bonds. The molecule has 4 rings (SSSR count). The average Bonchev–Trinajstić information content (AvgIpc) is 2.87. The summed E-state index contributed by atoms with van der Waals surface area (Å²) in [6.07, 6.45) is 6.86. The summed E-state index contributed by atoms with van der Waals surface area (Å²) in [4.78, 5) is 36.8. The number of primary amides is 1. The van der Waals surface area contributed by atoms with Gasteiger partial charge in [-0.25, -0.2) is 18.7 Å². The third kappa shape index (κ3) is 7.00. The van der Waals surface area contributed by atoms with E-state index in [9.17, 15) is 18.4 Å². The van der Waals surface area contributed by atoms with E-state index in [1.54, 1.807) is 13.8 Å². The number of benzene rings is 1. The summed E-state index contributed by atoms with van der Waals surface area (Å²) in [6.45, 7) is 6.22. The van der Waals surface area contributed by atoms with Crippen LogP contribution < -0.4 is 10.5 Å². The van der Waals surface area contributed by atoms with E-state index in [0.717, 1.165) is 44.8 Å². The number of alkyl halides is 1. The molecule has 3 heterocycles. The van der Waals surface area contributed by atoms with Crippen LogP contribution >= 0.6 is 0 Å². The summed E-state index contributed by atoms with van der Waals surface area (Å²) < 4.78 is 34.6. The van der Waals surface area contributed by atoms with E-state index >= 15 is 0 Å². The highest BCUT2D eigenvalue weighted by molar-refractivity contribution is 5.97. The lowest BCUT2D eigenvalue weighted by molar-refractivity contribution is -0.123. The van der Waals surface area contributed by atoms with Crippen LogP contribution in [0.2, 0.25) is 0 Å². The quantitative estimate of drug-likeness (QED) is 0.577. The van der Waals surface area contributed by atoms with Crippen molar-refractivity contribution >= 4 is 11.8 Å². The molecule has 2 fully saturated rings. The summed E-state index contributed by atoms with van der Waals surface area (Å²) >= 11 is 0. The lowest BCUT2D eigenvalue weighted by Gasteiger charge is -2.34. The second-order valence-corrected chi connectivity index (χ2v) is 10.6. The molecule has 1 atom stereocenters. The minimum atomic E-state index is -1.20. The Balaban J connectivity index is 1.33. The van der Waals surface area contributed by atoms with Crippen molar-refractivity contribution in [2.75, 3.05) is 32.8 Å². The number of amides is 2. The van der Waals surface area contributed by atoms with Crippen molar-refractivity contribution in [3.63, 3.8) is 0 Å². The number of piperidine rings is 2. The topological polar surface area (TPSA) is 102 Å². The van der Waals surface area contributed by atoms with E-state index in [1.165, 1.54) is 29.4 Å². The van der Waals surface area contributed by atoms with Gasteiger partial charge in [-0.3, -0.25) is 9.59 Å². The lowest BCUT2D eigenvalue weighted by Crippen LogP contribution is -2.50. The molecular weight excluding hydrogens is 480 g/mol. The van der Waals surface area contributed by atoms with Crippen LogP contribution in [0.1, 0.15) is 56.3 Å². The number of likely N-dealkylation sites (tertiary alicyclic amines) is 2. The van der Waals surface area contributed by atoms with Gasteiger partial charge in [0.1, 0.15) is 17.5 Å². The van der Waals surface area contributed by atoms with Gasteiger partial charge in [-0.15, -0.1) is 0 Å². The Hall–Kier alpha value is -3.14. The fraction of sp³-hybridized carbons (Fsp3) is 0.556. The zero-order chi connectivity index (χ0) is 26.6. The predicted molar refractivity (Wildman–Crippen MR) is 135 cm³/mol. The molecule has 0 saturated carbocycles. The van der Waals surface area contributed by atoms with Gasteiger partial charge in [0.2, 0.25) is 11.8 Å². The number of ether oxygens (including phenoxy) is 1. The molecule has 200 valence electrons. The maximum Gasteiger partial charge on any atom is 0.254 e. The number of hydrogen-bond donors (Lipinski definition) is 1. The highest BCUT2D eigenvalue weighted by Gasteiger charge is 2.31. The molecule has 37 heavy (non-hydrogen) atoms. The normalized spacial score (nSPS) is 19.6. The zero-order valence-electron chi connectivity index (χ0n) is 21.5. The van der Waals surface area contributed by atoms with Crippen LogP contribution in [0.5, 0.6) is 5.88 Å². The Morgan fingerprint density at radius 2 is 1.86 bits per heavy atom. The summed E-state index contributed by atoms with van der Waals surface area (Å²) in [7, 11) is 0. The number of halogens is 2. The van der Waals surface area contributed by atoms with Crippen LogP contribution in [-0.4, -0.2) is 76.1 Å². The molecule has 2 aliphatic heterocycles. The van der Waals surface area contributed by atoms with Crippen LogP contribution in [0.15, 0.2) is 30.6 Å². The van der Waals surface area contributed by atoms with Gasteiger partial charge in [-0.2, -0.15) is 0 Å². The Kier molecular flexibility index (Phi) is 8.36. The predicted octanol–water partition coefficient (Wildman–Crippen LogP) is 3.60. The number of aromatic nitrogens is 2. The number of hydrogen-bond acceptors (Lipinski definition) is 6. The van der Waals surface area contributed by atoms with E-state index < -0.39 is 29.3 Å². The van der Waals surface area contributed by atoms with Gasteiger partial charge in [-0.05, 0) is 83.2 Å². The largest absolute Gasteiger partial charge is 0.476 e. The molecule has 0 spiro atoms. The van der Waals surface area contributed by atoms with Gasteiger partial charge < -0.3 is 20.3 Å². The Morgan fingerprint density at radius 3 is 2.49 bits per heavy atom. The number of carbonyl (C=O) groups is 2. The fourth-order valence-corrected chi connectivity index (χ4v) is 5.07. The second kappa shape index (κ2) is 11.5. The van der Waals surface area contributed by atoms with Crippen molar-refractivity contribution in [3.05, 3.63) is 42.0 Å². The van der Waals surface area contributed by atoms with Crippen LogP contribution in [-0.2, 0) is 4.79 Å². The monoisotopic (exact) mass is 515 g/mol. The minimum absolute atomic E-state index is 0.156. The highest BCUT2D eigenvalue weighted by Crippen LogP contribution is 2.26. The average molecular weight is 516 g/mol. The van der Waals surface area contributed by atoms with Crippen molar-refractivity contribution < 1.29 is 23.1 Å². The van der Waals surface area contributed by atoms with Gasteiger partial charge in [0.05, 0.1) is 24.7 Å². The van der Waals surface area contributed by atoms with Crippen molar-refractivity contribution in [1.29, 1.82) is 0 Å². The molecule has 2 N–H and O–H groups in total. The number of nitrogens with zero attached hydrogens (tertiary/aromatic N) is 4. The first kappa shape index (κ1) is 26.9. The molecular formula is C27H35F2N5O3. The third-order valence-electron chi connectivity index (χ3n) is 6.99. The third-order valence-corrected chi connectivity index (χ3v) is 6.99. The first-order chi connectivity index (χ1) is 17.6. The molecule has 0 radical (unpaired) electrons. The van der Waals surface area contributed by atoms with Gasteiger partial charge in [0.25, 0.3) is 5.91 Å². The molecule has 2 saturated heterocycles. The van der Waals surface area contributed by atoms with Crippen molar-refractivity contribution in [3.8, 4) is 17.1 Å². The van der Waals surface area contributed by atoms with Gasteiger partial charge in [0.15, 0.2) is 0 Å². The molecule has 0 bridgehead atoms. The summed E-state index contributed by atoms with van der Waals surface area (Å²) in [5.41, 5.74) is 4.95. The molecule has 2 aromatic rings. The maximum atomic E-state index is 15.0. The SMILES string of the molecule is CC(C)(F)CN1CCC(COc2cnc(-c3ccc(C(=O)N4CCCCC4C(N)=O)cc3F)cn2)CC1. The molecule has 0 aliphatic carbocycles. The Morgan fingerprint density at radius 1 is 1.11 bits per heavy atom. The molecule has 2 aliphatic rings. The van der Waals surface area contributed by atoms with E-state index in [4.69, 9.17) is 10.5 Å². The summed E-state index contributed by atoms with van der Waals surface area (Å²) in [5, 5.41) is 0. The molecule has 1 unspecified atom stereocenters. The summed E-state index contributed by atoms with van der Waals surface area (Å²) in [6, 6.07) is 3.50. The van der Waals surface area contributed by atoms with Crippen LogP contribution in [0.3, 0.4) is 0 Å². The van der Waals surface area contributed by atoms with E-state index in [0.29, 0.717) is 43.6 Å². The second-order valence-electron chi connectivity index (χ2n) is 10.6. The Labute approximate surface area is 216 Å². The van der Waals surface area contributed by atoms with Crippen molar-refractivity contribution in [1.82, 2.24) is 19.8 Å². The molecule has 10 heteroatoms. The molecule has 1 aromatic heterocycles. The van der Waals surface area contributed by atoms with Gasteiger partial charge in [0, 0.05) is 24.2 Å². The van der Waals surface area contributed by atoms with Crippen molar-refractivity contribution in [2.24, 2.45) is 11.7 Å². The van der Waals surface area contributed by atoms with E-state index in [2.05, 4.69) is 14.9 Å². The number of nitrogens with two attached hydrogens (primary N) is 1. The van der Waals surface area contributed by atoms with Gasteiger partial charge >= 0.3 is 0 Å². The zero-order valence-corrected chi connectivity index (χ0v) is 21.5. The van der Waals surface area contributed by atoms with E-state index in [-0.39, 0.29) is 11.1 Å². The summed E-state index contributed by atoms with van der Waals surface area (Å²) in [5.74, 6) is -0.857. The smallest absolute Gasteiger partial charge is 0.254 e. The number of carbonyl (C=O) groups excluding carboxylic acids is 2. The van der Waals surface area contributed by atoms with Crippen molar-refractivity contribution in [2.45, 2.75) is 57.7 Å². The first-order valence-electron chi connectivity index (χ1n) is 12.9. The fourth-order valence-electron chi connectivity index (χ4n) is 5.07. The number of rotatable bonds is 8. The highest BCUT2D eigenvalue weighted by atomic mass is 19.1. The maximum absolute atomic E-state index is 15.0. The van der Waals surface area contributed by atoms with Crippen LogP contribution in [0, 0.1) is 11.7 Å². The first-order valence-corrected chi connectivity index (χ1v) is 12.9. The molecule has 8 nitrogen and oxygen atoms in total. The minimum Gasteiger partial charge on any atom is -0.476 e. The Bertz CT molecular complexity index is 1100.